The van der Waals surface area contributed by atoms with Crippen LogP contribution in [0.1, 0.15) is 29.0 Å². The van der Waals surface area contributed by atoms with Gasteiger partial charge in [0.05, 0.1) is 11.9 Å². The third-order valence-corrected chi connectivity index (χ3v) is 4.31. The molecule has 2 aromatic rings. The van der Waals surface area contributed by atoms with E-state index in [1.165, 1.54) is 4.90 Å². The summed E-state index contributed by atoms with van der Waals surface area (Å²) in [5.41, 5.74) is -0.323. The van der Waals surface area contributed by atoms with Crippen LogP contribution in [-0.2, 0) is 17.4 Å². The molecule has 0 aromatic carbocycles. The van der Waals surface area contributed by atoms with E-state index < -0.39 is 5.54 Å². The van der Waals surface area contributed by atoms with Crippen LogP contribution in [0.4, 0.5) is 0 Å². The SMILES string of the molecule is CN(C)C(=O)[C@]1(c2cnccn2)CCCN1C(=O)c1ccn(C)n1. The van der Waals surface area contributed by atoms with Crippen LogP contribution >= 0.6 is 0 Å². The molecule has 8 nitrogen and oxygen atoms in total. The monoisotopic (exact) mass is 328 g/mol. The zero-order valence-corrected chi connectivity index (χ0v) is 14.0. The van der Waals surface area contributed by atoms with Gasteiger partial charge in [-0.05, 0) is 18.9 Å². The maximum Gasteiger partial charge on any atom is 0.275 e. The standard InChI is InChI=1S/C16H20N6O2/c1-20(2)15(24)16(13-11-17-7-8-18-13)6-4-9-22(16)14(23)12-5-10-21(3)19-12/h5,7-8,10-11H,4,6,9H2,1-3H3/t16-/m1/s1. The number of rotatable bonds is 3. The highest BCUT2D eigenvalue weighted by Crippen LogP contribution is 2.40. The zero-order valence-electron chi connectivity index (χ0n) is 14.0. The Morgan fingerprint density at radius 3 is 2.67 bits per heavy atom. The lowest BCUT2D eigenvalue weighted by atomic mass is 9.90. The first kappa shape index (κ1) is 16.1. The van der Waals surface area contributed by atoms with E-state index in [1.807, 2.05) is 0 Å². The number of aromatic nitrogens is 4. The van der Waals surface area contributed by atoms with E-state index >= 15 is 0 Å². The van der Waals surface area contributed by atoms with Crippen LogP contribution < -0.4 is 0 Å². The number of likely N-dealkylation sites (N-methyl/N-ethyl adjacent to an activating group) is 1. The van der Waals surface area contributed by atoms with Crippen LogP contribution in [0.15, 0.2) is 30.9 Å². The first-order valence-corrected chi connectivity index (χ1v) is 7.76. The molecule has 1 atom stereocenters. The molecule has 2 aromatic heterocycles. The van der Waals surface area contributed by atoms with E-state index in [2.05, 4.69) is 15.1 Å². The zero-order chi connectivity index (χ0) is 17.3. The van der Waals surface area contributed by atoms with Gasteiger partial charge in [-0.25, -0.2) is 0 Å². The predicted octanol–water partition coefficient (Wildman–Crippen LogP) is 0.430. The topological polar surface area (TPSA) is 84.2 Å². The summed E-state index contributed by atoms with van der Waals surface area (Å²) >= 11 is 0. The van der Waals surface area contributed by atoms with E-state index in [9.17, 15) is 9.59 Å². The number of likely N-dealkylation sites (tertiary alicyclic amines) is 1. The van der Waals surface area contributed by atoms with Gasteiger partial charge in [0, 0.05) is 46.3 Å². The highest BCUT2D eigenvalue weighted by molar-refractivity contribution is 5.98. The highest BCUT2D eigenvalue weighted by Gasteiger charge is 2.53. The molecular formula is C16H20N6O2. The van der Waals surface area contributed by atoms with E-state index in [-0.39, 0.29) is 11.8 Å². The van der Waals surface area contributed by atoms with Crippen molar-refractivity contribution in [1.29, 1.82) is 0 Å². The van der Waals surface area contributed by atoms with Crippen molar-refractivity contribution in [2.75, 3.05) is 20.6 Å². The number of hydrogen-bond donors (Lipinski definition) is 0. The minimum absolute atomic E-state index is 0.176. The van der Waals surface area contributed by atoms with Gasteiger partial charge in [0.1, 0.15) is 5.69 Å². The molecule has 0 radical (unpaired) electrons. The minimum Gasteiger partial charge on any atom is -0.346 e. The van der Waals surface area contributed by atoms with Gasteiger partial charge >= 0.3 is 0 Å². The number of hydrogen-bond acceptors (Lipinski definition) is 5. The molecule has 0 unspecified atom stereocenters. The number of nitrogens with zero attached hydrogens (tertiary/aromatic N) is 6. The normalized spacial score (nSPS) is 20.2. The third kappa shape index (κ3) is 2.44. The van der Waals surface area contributed by atoms with Gasteiger partial charge in [0.15, 0.2) is 5.54 Å². The summed E-state index contributed by atoms with van der Waals surface area (Å²) in [6.07, 6.45) is 7.60. The van der Waals surface area contributed by atoms with Crippen LogP contribution in [-0.4, -0.2) is 62.0 Å². The van der Waals surface area contributed by atoms with Crippen LogP contribution in [0.5, 0.6) is 0 Å². The van der Waals surface area contributed by atoms with E-state index in [4.69, 9.17) is 0 Å². The van der Waals surface area contributed by atoms with Crippen molar-refractivity contribution in [3.63, 3.8) is 0 Å². The van der Waals surface area contributed by atoms with Crippen molar-refractivity contribution >= 4 is 11.8 Å². The lowest BCUT2D eigenvalue weighted by molar-refractivity contribution is -0.140. The second kappa shape index (κ2) is 6.03. The summed E-state index contributed by atoms with van der Waals surface area (Å²) in [7, 11) is 5.12. The van der Waals surface area contributed by atoms with Crippen molar-refractivity contribution in [3.8, 4) is 0 Å². The lowest BCUT2D eigenvalue weighted by Crippen LogP contribution is -2.55. The number of amides is 2. The summed E-state index contributed by atoms with van der Waals surface area (Å²) in [5.74, 6) is -0.446. The molecule has 3 heterocycles. The molecule has 0 aliphatic carbocycles. The summed E-state index contributed by atoms with van der Waals surface area (Å²) < 4.78 is 1.57. The van der Waals surface area contributed by atoms with Crippen molar-refractivity contribution in [1.82, 2.24) is 29.5 Å². The van der Waals surface area contributed by atoms with Gasteiger partial charge in [-0.1, -0.05) is 0 Å². The fourth-order valence-electron chi connectivity index (χ4n) is 3.24. The van der Waals surface area contributed by atoms with Crippen molar-refractivity contribution in [3.05, 3.63) is 42.2 Å². The average Bonchev–Trinajstić information content (AvgIpc) is 3.21. The predicted molar refractivity (Wildman–Crippen MR) is 85.9 cm³/mol. The van der Waals surface area contributed by atoms with Crippen molar-refractivity contribution < 1.29 is 9.59 Å². The molecule has 1 fully saturated rings. The minimum atomic E-state index is -1.13. The van der Waals surface area contributed by atoms with Crippen molar-refractivity contribution in [2.24, 2.45) is 7.05 Å². The van der Waals surface area contributed by atoms with Gasteiger partial charge in [-0.3, -0.25) is 24.2 Å². The molecule has 1 aliphatic heterocycles. The average molecular weight is 328 g/mol. The maximum absolute atomic E-state index is 13.1. The third-order valence-electron chi connectivity index (χ3n) is 4.31. The van der Waals surface area contributed by atoms with Gasteiger partial charge in [-0.2, -0.15) is 5.10 Å². The van der Waals surface area contributed by atoms with Crippen LogP contribution in [0.2, 0.25) is 0 Å². The van der Waals surface area contributed by atoms with E-state index in [1.54, 1.807) is 61.6 Å². The molecule has 0 saturated carbocycles. The van der Waals surface area contributed by atoms with Crippen LogP contribution in [0.25, 0.3) is 0 Å². The van der Waals surface area contributed by atoms with E-state index in [0.29, 0.717) is 30.8 Å². The fraction of sp³-hybridized carbons (Fsp3) is 0.438. The van der Waals surface area contributed by atoms with Gasteiger partial charge < -0.3 is 9.80 Å². The molecule has 0 N–H and O–H groups in total. The smallest absolute Gasteiger partial charge is 0.275 e. The largest absolute Gasteiger partial charge is 0.346 e. The molecular weight excluding hydrogens is 308 g/mol. The first-order valence-electron chi connectivity index (χ1n) is 7.76. The number of carbonyl (C=O) groups excluding carboxylic acids is 2. The van der Waals surface area contributed by atoms with E-state index in [0.717, 1.165) is 0 Å². The van der Waals surface area contributed by atoms with Crippen LogP contribution in [0, 0.1) is 0 Å². The second-order valence-corrected chi connectivity index (χ2v) is 6.09. The molecule has 126 valence electrons. The van der Waals surface area contributed by atoms with Gasteiger partial charge in [-0.15, -0.1) is 0 Å². The second-order valence-electron chi connectivity index (χ2n) is 6.09. The first-order chi connectivity index (χ1) is 11.5. The molecule has 1 saturated heterocycles. The Hall–Kier alpha value is -2.77. The number of carbonyl (C=O) groups is 2. The molecule has 1 aliphatic rings. The Kier molecular flexibility index (Phi) is 4.04. The number of aryl methyl sites for hydroxylation is 1. The summed E-state index contributed by atoms with van der Waals surface area (Å²) in [6, 6.07) is 1.65. The van der Waals surface area contributed by atoms with Crippen molar-refractivity contribution in [2.45, 2.75) is 18.4 Å². The van der Waals surface area contributed by atoms with Crippen LogP contribution in [0.3, 0.4) is 0 Å². The molecule has 8 heteroatoms. The quantitative estimate of drug-likeness (QED) is 0.816. The van der Waals surface area contributed by atoms with Gasteiger partial charge in [0.25, 0.3) is 11.8 Å². The molecule has 0 bridgehead atoms. The summed E-state index contributed by atoms with van der Waals surface area (Å²) in [6.45, 7) is 0.478. The Morgan fingerprint density at radius 2 is 2.08 bits per heavy atom. The molecule has 0 spiro atoms. The summed E-state index contributed by atoms with van der Waals surface area (Å²) in [5, 5.41) is 4.18. The Morgan fingerprint density at radius 1 is 1.29 bits per heavy atom. The Bertz CT molecular complexity index is 757. The summed E-state index contributed by atoms with van der Waals surface area (Å²) in [4.78, 5) is 37.6. The molecule has 3 rings (SSSR count). The Labute approximate surface area is 140 Å². The van der Waals surface area contributed by atoms with Gasteiger partial charge in [0.2, 0.25) is 0 Å². The molecule has 24 heavy (non-hydrogen) atoms. The Balaban J connectivity index is 2.10. The maximum atomic E-state index is 13.1. The lowest BCUT2D eigenvalue weighted by Gasteiger charge is -2.37. The highest BCUT2D eigenvalue weighted by atomic mass is 16.2. The fourth-order valence-corrected chi connectivity index (χ4v) is 3.24. The molecule has 2 amide bonds.